The number of hydrogen-bond donors (Lipinski definition) is 1. The molecule has 1 aromatic rings. The van der Waals surface area contributed by atoms with Crippen LogP contribution in [0.4, 0.5) is 4.39 Å². The van der Waals surface area contributed by atoms with Gasteiger partial charge in [-0.05, 0) is 40.0 Å². The fraction of sp³-hybridized carbons (Fsp3) is 0.364. The lowest BCUT2D eigenvalue weighted by atomic mass is 10.1. The van der Waals surface area contributed by atoms with Crippen LogP contribution in [0.25, 0.3) is 0 Å². The molecule has 88 valence electrons. The Bertz CT molecular complexity index is 384. The summed E-state index contributed by atoms with van der Waals surface area (Å²) in [6.07, 6.45) is 0.440. The summed E-state index contributed by atoms with van der Waals surface area (Å²) in [7, 11) is 0. The van der Waals surface area contributed by atoms with Gasteiger partial charge in [0.1, 0.15) is 12.4 Å². The first-order valence-electron chi connectivity index (χ1n) is 4.89. The Kier molecular flexibility index (Phi) is 4.89. The number of carbonyl (C=O) groups is 1. The second kappa shape index (κ2) is 5.96. The quantitative estimate of drug-likeness (QED) is 0.906. The van der Waals surface area contributed by atoms with E-state index >= 15 is 0 Å². The van der Waals surface area contributed by atoms with E-state index in [2.05, 4.69) is 15.9 Å². The number of rotatable bonds is 5. The second-order valence-electron chi connectivity index (χ2n) is 3.35. The maximum absolute atomic E-state index is 13.0. The highest BCUT2D eigenvalue weighted by Gasteiger charge is 2.12. The lowest BCUT2D eigenvalue weighted by Crippen LogP contribution is -2.20. The summed E-state index contributed by atoms with van der Waals surface area (Å²) in [5.41, 5.74) is 5.81. The summed E-state index contributed by atoms with van der Waals surface area (Å²) in [6, 6.07) is 4.63. The number of hydrogen-bond acceptors (Lipinski definition) is 2. The average molecular weight is 290 g/mol. The molecule has 0 aliphatic heterocycles. The first-order valence-corrected chi connectivity index (χ1v) is 5.68. The molecule has 0 aliphatic carbocycles. The van der Waals surface area contributed by atoms with Crippen molar-refractivity contribution in [1.29, 1.82) is 0 Å². The number of ether oxygens (including phenoxy) is 1. The van der Waals surface area contributed by atoms with Gasteiger partial charge in [0.15, 0.2) is 0 Å². The molecule has 16 heavy (non-hydrogen) atoms. The van der Waals surface area contributed by atoms with E-state index in [9.17, 15) is 9.18 Å². The molecule has 0 fully saturated rings. The molecule has 0 aromatic heterocycles. The van der Waals surface area contributed by atoms with Crippen molar-refractivity contribution in [2.24, 2.45) is 5.73 Å². The molecule has 5 heteroatoms. The van der Waals surface area contributed by atoms with Crippen molar-refractivity contribution in [3.63, 3.8) is 0 Å². The van der Waals surface area contributed by atoms with Gasteiger partial charge in [-0.2, -0.15) is 0 Å². The first kappa shape index (κ1) is 13.1. The van der Waals surface area contributed by atoms with Crippen LogP contribution in [0.5, 0.6) is 0 Å². The molecule has 1 atom stereocenters. The molecule has 0 radical (unpaired) electrons. The third-order valence-electron chi connectivity index (χ3n) is 2.11. The Morgan fingerprint density at radius 1 is 1.62 bits per heavy atom. The van der Waals surface area contributed by atoms with Crippen LogP contribution in [-0.2, 0) is 9.53 Å². The number of benzene rings is 1. The van der Waals surface area contributed by atoms with E-state index in [-0.39, 0.29) is 18.5 Å². The van der Waals surface area contributed by atoms with Crippen molar-refractivity contribution < 1.29 is 13.9 Å². The van der Waals surface area contributed by atoms with Crippen molar-refractivity contribution in [3.05, 3.63) is 34.1 Å². The predicted molar refractivity (Wildman–Crippen MR) is 62.3 cm³/mol. The Balaban J connectivity index is 2.78. The zero-order valence-corrected chi connectivity index (χ0v) is 10.5. The minimum Gasteiger partial charge on any atom is -0.368 e. The predicted octanol–water partition coefficient (Wildman–Crippen LogP) is 2.54. The van der Waals surface area contributed by atoms with Crippen molar-refractivity contribution >= 4 is 21.8 Å². The maximum Gasteiger partial charge on any atom is 0.243 e. The third-order valence-corrected chi connectivity index (χ3v) is 2.72. The molecule has 1 unspecified atom stereocenters. The summed E-state index contributed by atoms with van der Waals surface area (Å²) in [4.78, 5) is 10.6. The average Bonchev–Trinajstić information content (AvgIpc) is 2.23. The van der Waals surface area contributed by atoms with Crippen LogP contribution in [0.15, 0.2) is 22.7 Å². The van der Waals surface area contributed by atoms with Crippen molar-refractivity contribution in [3.8, 4) is 0 Å². The van der Waals surface area contributed by atoms with E-state index < -0.39 is 5.91 Å². The van der Waals surface area contributed by atoms with Crippen LogP contribution in [0, 0.1) is 5.82 Å². The van der Waals surface area contributed by atoms with E-state index in [1.165, 1.54) is 6.07 Å². The van der Waals surface area contributed by atoms with Gasteiger partial charge in [-0.1, -0.05) is 13.0 Å². The molecule has 1 aromatic carbocycles. The number of nitrogens with two attached hydrogens (primary N) is 1. The molecule has 0 aliphatic rings. The number of halogens is 2. The van der Waals surface area contributed by atoms with Gasteiger partial charge >= 0.3 is 0 Å². The summed E-state index contributed by atoms with van der Waals surface area (Å²) >= 11 is 3.10. The molecule has 1 rings (SSSR count). The van der Waals surface area contributed by atoms with Gasteiger partial charge < -0.3 is 10.5 Å². The van der Waals surface area contributed by atoms with Crippen LogP contribution in [-0.4, -0.2) is 12.5 Å². The van der Waals surface area contributed by atoms with E-state index in [1.807, 2.05) is 6.92 Å². The highest BCUT2D eigenvalue weighted by atomic mass is 79.9. The van der Waals surface area contributed by atoms with Crippen LogP contribution < -0.4 is 5.73 Å². The summed E-state index contributed by atoms with van der Waals surface area (Å²) in [5.74, 6) is -0.840. The van der Waals surface area contributed by atoms with Gasteiger partial charge in [0.2, 0.25) is 5.91 Å². The molecule has 3 nitrogen and oxygen atoms in total. The number of amides is 1. The van der Waals surface area contributed by atoms with Crippen LogP contribution in [0.1, 0.15) is 25.0 Å². The summed E-state index contributed by atoms with van der Waals surface area (Å²) < 4.78 is 18.7. The van der Waals surface area contributed by atoms with E-state index in [4.69, 9.17) is 10.5 Å². The maximum atomic E-state index is 13.0. The van der Waals surface area contributed by atoms with E-state index in [0.717, 1.165) is 5.56 Å². The van der Waals surface area contributed by atoms with Crippen molar-refractivity contribution in [1.82, 2.24) is 0 Å². The minimum absolute atomic E-state index is 0.131. The van der Waals surface area contributed by atoms with Gasteiger partial charge in [0.05, 0.1) is 10.6 Å². The van der Waals surface area contributed by atoms with Crippen LogP contribution in [0.3, 0.4) is 0 Å². The van der Waals surface area contributed by atoms with Crippen LogP contribution >= 0.6 is 15.9 Å². The normalized spacial score (nSPS) is 12.4. The topological polar surface area (TPSA) is 52.3 Å². The fourth-order valence-electron chi connectivity index (χ4n) is 1.35. The Morgan fingerprint density at radius 3 is 2.81 bits per heavy atom. The summed E-state index contributed by atoms with van der Waals surface area (Å²) in [6.45, 7) is 1.79. The standard InChI is InChI=1S/C11H13BrFNO2/c1-2-10(16-6-11(14)15)7-3-4-9(13)8(12)5-7/h3-5,10H,2,6H2,1H3,(H2,14,15). The zero-order chi connectivity index (χ0) is 12.1. The van der Waals surface area contributed by atoms with Gasteiger partial charge in [-0.3, -0.25) is 4.79 Å². The van der Waals surface area contributed by atoms with Gasteiger partial charge in [-0.15, -0.1) is 0 Å². The van der Waals surface area contributed by atoms with E-state index in [0.29, 0.717) is 10.9 Å². The Morgan fingerprint density at radius 2 is 2.31 bits per heavy atom. The molecular formula is C11H13BrFNO2. The first-order chi connectivity index (χ1) is 7.54. The highest BCUT2D eigenvalue weighted by Crippen LogP contribution is 2.25. The monoisotopic (exact) mass is 289 g/mol. The second-order valence-corrected chi connectivity index (χ2v) is 4.20. The highest BCUT2D eigenvalue weighted by molar-refractivity contribution is 9.10. The lowest BCUT2D eigenvalue weighted by molar-refractivity contribution is -0.124. The molecule has 2 N–H and O–H groups in total. The van der Waals surface area contributed by atoms with Gasteiger partial charge in [0.25, 0.3) is 0 Å². The van der Waals surface area contributed by atoms with Crippen LogP contribution in [0.2, 0.25) is 0 Å². The fourth-order valence-corrected chi connectivity index (χ4v) is 1.74. The lowest BCUT2D eigenvalue weighted by Gasteiger charge is -2.15. The van der Waals surface area contributed by atoms with Crippen molar-refractivity contribution in [2.75, 3.05) is 6.61 Å². The largest absolute Gasteiger partial charge is 0.368 e. The Labute approximate surface area is 102 Å². The molecule has 0 bridgehead atoms. The smallest absolute Gasteiger partial charge is 0.243 e. The number of primary amides is 1. The van der Waals surface area contributed by atoms with Gasteiger partial charge in [-0.25, -0.2) is 4.39 Å². The molecule has 1 amide bonds. The molecular weight excluding hydrogens is 277 g/mol. The third kappa shape index (κ3) is 3.57. The SMILES string of the molecule is CCC(OCC(N)=O)c1ccc(F)c(Br)c1. The molecule has 0 saturated heterocycles. The van der Waals surface area contributed by atoms with Gasteiger partial charge in [0, 0.05) is 0 Å². The van der Waals surface area contributed by atoms with E-state index in [1.54, 1.807) is 12.1 Å². The number of carbonyl (C=O) groups excluding carboxylic acids is 1. The Hall–Kier alpha value is -0.940. The molecule has 0 heterocycles. The molecule has 0 saturated carbocycles. The zero-order valence-electron chi connectivity index (χ0n) is 8.87. The summed E-state index contributed by atoms with van der Waals surface area (Å²) in [5, 5.41) is 0. The molecule has 0 spiro atoms. The minimum atomic E-state index is -0.514. The van der Waals surface area contributed by atoms with Crippen molar-refractivity contribution in [2.45, 2.75) is 19.4 Å².